The van der Waals surface area contributed by atoms with Crippen LogP contribution in [0.1, 0.15) is 5.69 Å². The summed E-state index contributed by atoms with van der Waals surface area (Å²) in [7, 11) is 0. The maximum Gasteiger partial charge on any atom is 0.292 e. The molecule has 0 saturated carbocycles. The van der Waals surface area contributed by atoms with Crippen molar-refractivity contribution >= 4 is 28.5 Å². The highest BCUT2D eigenvalue weighted by Gasteiger charge is 2.17. The molecule has 6 heteroatoms. The second kappa shape index (κ2) is 4.04. The van der Waals surface area contributed by atoms with Crippen LogP contribution < -0.4 is 5.73 Å². The number of nitrogens with one attached hydrogen (secondary N) is 1. The zero-order valence-electron chi connectivity index (χ0n) is 9.27. The highest BCUT2D eigenvalue weighted by Crippen LogP contribution is 2.36. The van der Waals surface area contributed by atoms with E-state index >= 15 is 0 Å². The highest BCUT2D eigenvalue weighted by molar-refractivity contribution is 6.36. The Kier molecular flexibility index (Phi) is 2.50. The third kappa shape index (κ3) is 1.56. The van der Waals surface area contributed by atoms with Crippen molar-refractivity contribution in [3.8, 4) is 11.3 Å². The number of halogens is 1. The summed E-state index contributed by atoms with van der Waals surface area (Å²) in [4.78, 5) is 7.18. The molecule has 92 valence electrons. The number of hydrogen-bond acceptors (Lipinski definition) is 4. The van der Waals surface area contributed by atoms with Crippen LogP contribution in [0.5, 0.6) is 0 Å². The molecule has 3 aromatic rings. The van der Waals surface area contributed by atoms with Crippen LogP contribution in [0, 0.1) is 0 Å². The Morgan fingerprint density at radius 3 is 2.94 bits per heavy atom. The number of aliphatic hydroxyl groups excluding tert-OH is 1. The van der Waals surface area contributed by atoms with E-state index in [1.807, 2.05) is 12.1 Å². The molecular weight excluding hydrogens is 254 g/mol. The number of nitrogen functional groups attached to an aromatic ring is 1. The maximum absolute atomic E-state index is 9.41. The number of hydrogen-bond donors (Lipinski definition) is 3. The Morgan fingerprint density at radius 2 is 2.28 bits per heavy atom. The molecule has 1 aromatic carbocycles. The largest absolute Gasteiger partial charge is 0.432 e. The average molecular weight is 264 g/mol. The SMILES string of the molecule is Nc1nc(-c2c(CO)[nH]c3cccc(Cl)c23)co1. The summed E-state index contributed by atoms with van der Waals surface area (Å²) in [6.45, 7) is -0.146. The van der Waals surface area contributed by atoms with Crippen LogP contribution in [0.2, 0.25) is 5.02 Å². The number of rotatable bonds is 2. The Bertz CT molecular complexity index is 717. The summed E-state index contributed by atoms with van der Waals surface area (Å²) in [6, 6.07) is 5.58. The molecule has 0 aliphatic heterocycles. The number of fused-ring (bicyclic) bond motifs is 1. The molecule has 3 rings (SSSR count). The van der Waals surface area contributed by atoms with Gasteiger partial charge in [-0.25, -0.2) is 0 Å². The molecule has 2 heterocycles. The molecule has 4 N–H and O–H groups in total. The fourth-order valence-corrected chi connectivity index (χ4v) is 2.33. The van der Waals surface area contributed by atoms with Gasteiger partial charge in [0.2, 0.25) is 0 Å². The smallest absolute Gasteiger partial charge is 0.292 e. The normalized spacial score (nSPS) is 11.2. The third-order valence-corrected chi connectivity index (χ3v) is 3.10. The van der Waals surface area contributed by atoms with E-state index < -0.39 is 0 Å². The van der Waals surface area contributed by atoms with Gasteiger partial charge in [0.25, 0.3) is 6.01 Å². The minimum Gasteiger partial charge on any atom is -0.432 e. The number of aromatic amines is 1. The molecule has 0 atom stereocenters. The van der Waals surface area contributed by atoms with Crippen molar-refractivity contribution in [2.24, 2.45) is 0 Å². The standard InChI is InChI=1S/C12H10ClN3O2/c13-6-2-1-3-7-10(6)11(8(4-17)15-7)9-5-18-12(14)16-9/h1-3,5,15,17H,4H2,(H2,14,16). The van der Waals surface area contributed by atoms with Gasteiger partial charge in [0.05, 0.1) is 17.3 Å². The van der Waals surface area contributed by atoms with E-state index in [0.717, 1.165) is 16.5 Å². The predicted octanol–water partition coefficient (Wildman–Crippen LogP) is 2.55. The van der Waals surface area contributed by atoms with Gasteiger partial charge < -0.3 is 20.2 Å². The summed E-state index contributed by atoms with van der Waals surface area (Å²) in [5.41, 5.74) is 8.21. The van der Waals surface area contributed by atoms with Crippen molar-refractivity contribution in [1.29, 1.82) is 0 Å². The maximum atomic E-state index is 9.41. The van der Waals surface area contributed by atoms with Gasteiger partial charge in [0, 0.05) is 16.5 Å². The van der Waals surface area contributed by atoms with E-state index in [0.29, 0.717) is 16.4 Å². The molecule has 0 amide bonds. The molecule has 5 nitrogen and oxygen atoms in total. The van der Waals surface area contributed by atoms with E-state index in [9.17, 15) is 5.11 Å². The lowest BCUT2D eigenvalue weighted by Gasteiger charge is -1.99. The summed E-state index contributed by atoms with van der Waals surface area (Å²) < 4.78 is 5.00. The van der Waals surface area contributed by atoms with Crippen LogP contribution in [0.3, 0.4) is 0 Å². The van der Waals surface area contributed by atoms with E-state index in [1.54, 1.807) is 6.07 Å². The Morgan fingerprint density at radius 1 is 1.44 bits per heavy atom. The van der Waals surface area contributed by atoms with Crippen molar-refractivity contribution in [3.05, 3.63) is 35.2 Å². The number of nitrogens with two attached hydrogens (primary N) is 1. The van der Waals surface area contributed by atoms with E-state index in [-0.39, 0.29) is 12.6 Å². The number of nitrogens with zero attached hydrogens (tertiary/aromatic N) is 1. The monoisotopic (exact) mass is 263 g/mol. The van der Waals surface area contributed by atoms with Gasteiger partial charge >= 0.3 is 0 Å². The quantitative estimate of drug-likeness (QED) is 0.663. The first kappa shape index (κ1) is 11.1. The number of aromatic nitrogens is 2. The number of H-pyrrole nitrogens is 1. The number of benzene rings is 1. The molecule has 0 unspecified atom stereocenters. The second-order valence-electron chi connectivity index (χ2n) is 3.87. The van der Waals surface area contributed by atoms with Crippen LogP contribution in [-0.4, -0.2) is 15.1 Å². The summed E-state index contributed by atoms with van der Waals surface area (Å²) in [5.74, 6) is 0. The van der Waals surface area contributed by atoms with Gasteiger partial charge in [-0.3, -0.25) is 0 Å². The van der Waals surface area contributed by atoms with E-state index in [1.165, 1.54) is 6.26 Å². The molecule has 2 aromatic heterocycles. The fourth-order valence-electron chi connectivity index (χ4n) is 2.06. The van der Waals surface area contributed by atoms with E-state index in [4.69, 9.17) is 21.8 Å². The molecule has 0 aliphatic carbocycles. The van der Waals surface area contributed by atoms with Crippen LogP contribution in [0.4, 0.5) is 6.01 Å². The van der Waals surface area contributed by atoms with Crippen molar-refractivity contribution in [2.45, 2.75) is 6.61 Å². The lowest BCUT2D eigenvalue weighted by atomic mass is 10.1. The lowest BCUT2D eigenvalue weighted by Crippen LogP contribution is -1.88. The number of aliphatic hydroxyl groups is 1. The second-order valence-corrected chi connectivity index (χ2v) is 4.28. The van der Waals surface area contributed by atoms with Crippen molar-refractivity contribution in [2.75, 3.05) is 5.73 Å². The zero-order valence-corrected chi connectivity index (χ0v) is 10.0. The van der Waals surface area contributed by atoms with Crippen LogP contribution in [0.15, 0.2) is 28.9 Å². The number of oxazole rings is 1. The zero-order chi connectivity index (χ0) is 12.7. The first-order chi connectivity index (χ1) is 8.70. The van der Waals surface area contributed by atoms with Crippen LogP contribution in [0.25, 0.3) is 22.2 Å². The highest BCUT2D eigenvalue weighted by atomic mass is 35.5. The van der Waals surface area contributed by atoms with Gasteiger partial charge in [-0.2, -0.15) is 4.98 Å². The summed E-state index contributed by atoms with van der Waals surface area (Å²) in [6.07, 6.45) is 1.44. The average Bonchev–Trinajstić information content (AvgIpc) is 2.92. The van der Waals surface area contributed by atoms with Crippen molar-refractivity contribution < 1.29 is 9.52 Å². The third-order valence-electron chi connectivity index (χ3n) is 2.79. The topological polar surface area (TPSA) is 88.1 Å². The van der Waals surface area contributed by atoms with Gasteiger partial charge in [0.15, 0.2) is 0 Å². The van der Waals surface area contributed by atoms with Crippen molar-refractivity contribution in [3.63, 3.8) is 0 Å². The minimum atomic E-state index is -0.146. The Balaban J connectivity index is 2.38. The molecule has 0 saturated heterocycles. The fraction of sp³-hybridized carbons (Fsp3) is 0.0833. The molecule has 0 aliphatic rings. The molecular formula is C12H10ClN3O2. The molecule has 18 heavy (non-hydrogen) atoms. The predicted molar refractivity (Wildman–Crippen MR) is 69.1 cm³/mol. The lowest BCUT2D eigenvalue weighted by molar-refractivity contribution is 0.278. The molecule has 0 radical (unpaired) electrons. The van der Waals surface area contributed by atoms with Gasteiger partial charge in [0.1, 0.15) is 12.0 Å². The van der Waals surface area contributed by atoms with Gasteiger partial charge in [-0.05, 0) is 12.1 Å². The Labute approximate surface area is 107 Å². The van der Waals surface area contributed by atoms with Gasteiger partial charge in [-0.1, -0.05) is 17.7 Å². The Hall–Kier alpha value is -1.98. The minimum absolute atomic E-state index is 0.0790. The van der Waals surface area contributed by atoms with Crippen molar-refractivity contribution in [1.82, 2.24) is 9.97 Å². The summed E-state index contributed by atoms with van der Waals surface area (Å²) >= 11 is 6.20. The first-order valence-corrected chi connectivity index (χ1v) is 5.70. The molecule has 0 fully saturated rings. The van der Waals surface area contributed by atoms with Gasteiger partial charge in [-0.15, -0.1) is 0 Å². The van der Waals surface area contributed by atoms with Crippen LogP contribution in [-0.2, 0) is 6.61 Å². The van der Waals surface area contributed by atoms with Crippen LogP contribution >= 0.6 is 11.6 Å². The molecule has 0 bridgehead atoms. The molecule has 0 spiro atoms. The van der Waals surface area contributed by atoms with E-state index in [2.05, 4.69) is 9.97 Å². The first-order valence-electron chi connectivity index (χ1n) is 5.32. The summed E-state index contributed by atoms with van der Waals surface area (Å²) in [5, 5.41) is 10.8. The number of anilines is 1.